The summed E-state index contributed by atoms with van der Waals surface area (Å²) in [5.74, 6) is -4.21. The minimum atomic E-state index is -1.33. The van der Waals surface area contributed by atoms with Gasteiger partial charge < -0.3 is 5.32 Å². The zero-order chi connectivity index (χ0) is 11.9. The topological polar surface area (TPSA) is 29.1 Å². The Labute approximate surface area is 90.5 Å². The van der Waals surface area contributed by atoms with E-state index in [-0.39, 0.29) is 18.0 Å². The van der Waals surface area contributed by atoms with Crippen molar-refractivity contribution in [1.82, 2.24) is 5.32 Å². The van der Waals surface area contributed by atoms with E-state index < -0.39 is 28.9 Å². The zero-order valence-electron chi connectivity index (χ0n) is 8.61. The van der Waals surface area contributed by atoms with Crippen molar-refractivity contribution in [3.63, 3.8) is 0 Å². The lowest BCUT2D eigenvalue weighted by Crippen LogP contribution is -2.42. The molecule has 16 heavy (non-hydrogen) atoms. The second kappa shape index (κ2) is 3.81. The maximum atomic E-state index is 13.4. The molecule has 0 bridgehead atoms. The molecule has 1 unspecified atom stereocenters. The minimum absolute atomic E-state index is 0.0329. The fraction of sp³-hybridized carbons (Fsp3) is 0.364. The van der Waals surface area contributed by atoms with Crippen molar-refractivity contribution in [2.45, 2.75) is 25.8 Å². The monoisotopic (exact) mass is 229 g/mol. The lowest BCUT2D eigenvalue weighted by atomic mass is 9.93. The number of benzene rings is 1. The molecule has 1 atom stereocenters. The molecule has 5 heteroatoms. The summed E-state index contributed by atoms with van der Waals surface area (Å²) >= 11 is 0. The SMILES string of the molecule is CCC1Cc2c(F)cc(F)c(F)c2C(=O)N1. The predicted molar refractivity (Wildman–Crippen MR) is 51.6 cm³/mol. The van der Waals surface area contributed by atoms with Crippen LogP contribution in [-0.2, 0) is 6.42 Å². The Balaban J connectivity index is 2.60. The standard InChI is InChI=1S/C11H10F3NO/c1-2-5-3-6-7(12)4-8(13)10(14)9(6)11(16)15-5/h4-5H,2-3H2,1H3,(H,15,16). The van der Waals surface area contributed by atoms with Gasteiger partial charge in [-0.2, -0.15) is 0 Å². The second-order valence-electron chi connectivity index (χ2n) is 3.79. The summed E-state index contributed by atoms with van der Waals surface area (Å²) in [4.78, 5) is 11.5. The van der Waals surface area contributed by atoms with Crippen LogP contribution in [0.3, 0.4) is 0 Å². The van der Waals surface area contributed by atoms with E-state index in [9.17, 15) is 18.0 Å². The number of hydrogen-bond donors (Lipinski definition) is 1. The summed E-state index contributed by atoms with van der Waals surface area (Å²) in [6.07, 6.45) is 0.810. The van der Waals surface area contributed by atoms with Gasteiger partial charge in [0, 0.05) is 17.7 Å². The molecular formula is C11H10F3NO. The van der Waals surface area contributed by atoms with Crippen LogP contribution in [0.4, 0.5) is 13.2 Å². The molecule has 0 fully saturated rings. The van der Waals surface area contributed by atoms with Crippen molar-refractivity contribution in [2.24, 2.45) is 0 Å². The molecule has 0 radical (unpaired) electrons. The molecule has 1 heterocycles. The van der Waals surface area contributed by atoms with Gasteiger partial charge in [0.15, 0.2) is 11.6 Å². The molecule has 0 saturated carbocycles. The number of carbonyl (C=O) groups excluding carboxylic acids is 1. The third-order valence-electron chi connectivity index (χ3n) is 2.78. The third kappa shape index (κ3) is 1.56. The maximum Gasteiger partial charge on any atom is 0.254 e. The van der Waals surface area contributed by atoms with Crippen molar-refractivity contribution < 1.29 is 18.0 Å². The molecule has 2 nitrogen and oxygen atoms in total. The molecule has 1 amide bonds. The van der Waals surface area contributed by atoms with Gasteiger partial charge in [0.2, 0.25) is 0 Å². The van der Waals surface area contributed by atoms with Gasteiger partial charge >= 0.3 is 0 Å². The summed E-state index contributed by atoms with van der Waals surface area (Å²) in [7, 11) is 0. The fourth-order valence-corrected chi connectivity index (χ4v) is 1.87. The Hall–Kier alpha value is -1.52. The first-order valence-corrected chi connectivity index (χ1v) is 5.01. The number of fused-ring (bicyclic) bond motifs is 1. The van der Waals surface area contributed by atoms with Crippen LogP contribution >= 0.6 is 0 Å². The summed E-state index contributed by atoms with van der Waals surface area (Å²) in [6.45, 7) is 1.83. The highest BCUT2D eigenvalue weighted by atomic mass is 19.2. The Morgan fingerprint density at radius 2 is 2.06 bits per heavy atom. The molecule has 1 aliphatic rings. The molecule has 0 saturated heterocycles. The fourth-order valence-electron chi connectivity index (χ4n) is 1.87. The predicted octanol–water partition coefficient (Wildman–Crippen LogP) is 2.17. The van der Waals surface area contributed by atoms with Gasteiger partial charge in [-0.25, -0.2) is 13.2 Å². The highest BCUT2D eigenvalue weighted by molar-refractivity contribution is 5.97. The van der Waals surface area contributed by atoms with Crippen LogP contribution < -0.4 is 5.32 Å². The third-order valence-corrected chi connectivity index (χ3v) is 2.78. The summed E-state index contributed by atoms with van der Waals surface area (Å²) in [5.41, 5.74) is -0.531. The molecule has 2 rings (SSSR count). The molecule has 1 N–H and O–H groups in total. The van der Waals surface area contributed by atoms with Crippen LogP contribution in [0.25, 0.3) is 0 Å². The van der Waals surface area contributed by atoms with Gasteiger partial charge in [0.05, 0.1) is 5.56 Å². The van der Waals surface area contributed by atoms with Gasteiger partial charge in [0.1, 0.15) is 5.82 Å². The average Bonchev–Trinajstić information content (AvgIpc) is 2.25. The summed E-state index contributed by atoms with van der Waals surface area (Å²) in [5, 5.41) is 2.51. The number of nitrogens with one attached hydrogen (secondary N) is 1. The molecule has 1 aromatic rings. The van der Waals surface area contributed by atoms with Crippen molar-refractivity contribution >= 4 is 5.91 Å². The largest absolute Gasteiger partial charge is 0.349 e. The highest BCUT2D eigenvalue weighted by Crippen LogP contribution is 2.25. The van der Waals surface area contributed by atoms with E-state index in [0.717, 1.165) is 0 Å². The van der Waals surface area contributed by atoms with Crippen LogP contribution in [0, 0.1) is 17.5 Å². The molecule has 0 aromatic heterocycles. The van der Waals surface area contributed by atoms with Crippen molar-refractivity contribution in [3.05, 3.63) is 34.6 Å². The van der Waals surface area contributed by atoms with E-state index in [1.54, 1.807) is 0 Å². The van der Waals surface area contributed by atoms with Gasteiger partial charge in [-0.1, -0.05) is 6.92 Å². The molecule has 1 aliphatic heterocycles. The van der Waals surface area contributed by atoms with E-state index in [1.807, 2.05) is 6.92 Å². The van der Waals surface area contributed by atoms with E-state index in [0.29, 0.717) is 12.5 Å². The first-order valence-electron chi connectivity index (χ1n) is 5.01. The van der Waals surface area contributed by atoms with Crippen molar-refractivity contribution in [3.8, 4) is 0 Å². The van der Waals surface area contributed by atoms with Gasteiger partial charge in [-0.3, -0.25) is 4.79 Å². The maximum absolute atomic E-state index is 13.4. The first kappa shape index (κ1) is 11.0. The first-order chi connectivity index (χ1) is 7.54. The van der Waals surface area contributed by atoms with E-state index in [4.69, 9.17) is 0 Å². The quantitative estimate of drug-likeness (QED) is 0.734. The van der Waals surface area contributed by atoms with Gasteiger partial charge in [-0.15, -0.1) is 0 Å². The molecular weight excluding hydrogens is 219 g/mol. The van der Waals surface area contributed by atoms with Crippen LogP contribution in [0.2, 0.25) is 0 Å². The van der Waals surface area contributed by atoms with E-state index >= 15 is 0 Å². The number of halogens is 3. The molecule has 0 aliphatic carbocycles. The lowest BCUT2D eigenvalue weighted by Gasteiger charge is -2.25. The average molecular weight is 229 g/mol. The highest BCUT2D eigenvalue weighted by Gasteiger charge is 2.30. The zero-order valence-corrected chi connectivity index (χ0v) is 8.61. The Morgan fingerprint density at radius 3 is 2.69 bits per heavy atom. The van der Waals surface area contributed by atoms with Crippen molar-refractivity contribution in [1.29, 1.82) is 0 Å². The second-order valence-corrected chi connectivity index (χ2v) is 3.79. The summed E-state index contributed by atoms with van der Waals surface area (Å²) in [6, 6.07) is 0.263. The number of carbonyl (C=O) groups is 1. The number of rotatable bonds is 1. The van der Waals surface area contributed by atoms with Gasteiger partial charge in [-0.05, 0) is 12.8 Å². The van der Waals surface area contributed by atoms with Crippen LogP contribution in [0.5, 0.6) is 0 Å². The smallest absolute Gasteiger partial charge is 0.254 e. The molecule has 86 valence electrons. The number of amides is 1. The minimum Gasteiger partial charge on any atom is -0.349 e. The Morgan fingerprint density at radius 1 is 1.38 bits per heavy atom. The van der Waals surface area contributed by atoms with E-state index in [2.05, 4.69) is 5.32 Å². The Bertz CT molecular complexity index is 459. The summed E-state index contributed by atoms with van der Waals surface area (Å²) < 4.78 is 39.7. The molecule has 0 spiro atoms. The van der Waals surface area contributed by atoms with Crippen LogP contribution in [0.15, 0.2) is 6.07 Å². The van der Waals surface area contributed by atoms with Crippen molar-refractivity contribution in [2.75, 3.05) is 0 Å². The molecule has 1 aromatic carbocycles. The van der Waals surface area contributed by atoms with Gasteiger partial charge in [0.25, 0.3) is 5.91 Å². The Kier molecular flexibility index (Phi) is 2.61. The lowest BCUT2D eigenvalue weighted by molar-refractivity contribution is 0.0916. The van der Waals surface area contributed by atoms with E-state index in [1.165, 1.54) is 0 Å². The number of hydrogen-bond acceptors (Lipinski definition) is 1. The van der Waals surface area contributed by atoms with Crippen LogP contribution in [-0.4, -0.2) is 11.9 Å². The normalized spacial score (nSPS) is 19.2. The van der Waals surface area contributed by atoms with Crippen LogP contribution in [0.1, 0.15) is 29.3 Å².